The van der Waals surface area contributed by atoms with E-state index in [1.165, 1.54) is 0 Å². The van der Waals surface area contributed by atoms with Crippen molar-refractivity contribution in [2.75, 3.05) is 5.75 Å². The smallest absolute Gasteiger partial charge is 0.265 e. The molecule has 0 aliphatic heterocycles. The van der Waals surface area contributed by atoms with Crippen LogP contribution in [0.3, 0.4) is 0 Å². The predicted octanol–water partition coefficient (Wildman–Crippen LogP) is 1.76. The Morgan fingerprint density at radius 2 is 1.86 bits per heavy atom. The number of hydrogen-bond acceptors (Lipinski definition) is 2. The van der Waals surface area contributed by atoms with Crippen LogP contribution in [0.4, 0.5) is 0 Å². The molecule has 0 atom stereocenters. The van der Waals surface area contributed by atoms with E-state index in [9.17, 15) is 8.42 Å². The first-order chi connectivity index (χ1) is 6.51. The normalized spacial score (nSPS) is 11.2. The van der Waals surface area contributed by atoms with Crippen molar-refractivity contribution in [2.24, 2.45) is 0 Å². The average Bonchev–Trinajstić information content (AvgIpc) is 2.14. The topological polar surface area (TPSA) is 54.4 Å². The molecule has 1 aromatic carbocycles. The third-order valence-electron chi connectivity index (χ3n) is 1.86. The lowest BCUT2D eigenvalue weighted by Crippen LogP contribution is -2.06. The molecule has 0 spiro atoms. The summed E-state index contributed by atoms with van der Waals surface area (Å²) in [6, 6.07) is 7.35. The Morgan fingerprint density at radius 3 is 2.29 bits per heavy atom. The van der Waals surface area contributed by atoms with Crippen molar-refractivity contribution >= 4 is 16.2 Å². The molecule has 1 N–H and O–H groups in total. The maximum atomic E-state index is 10.5. The van der Waals surface area contributed by atoms with Crippen LogP contribution >= 0.6 is 0 Å². The van der Waals surface area contributed by atoms with Gasteiger partial charge in [0.1, 0.15) is 0 Å². The van der Waals surface area contributed by atoms with E-state index in [1.54, 1.807) is 6.08 Å². The highest BCUT2D eigenvalue weighted by molar-refractivity contribution is 7.85. The van der Waals surface area contributed by atoms with Crippen molar-refractivity contribution in [3.8, 4) is 0 Å². The van der Waals surface area contributed by atoms with Gasteiger partial charge in [-0.3, -0.25) is 4.55 Å². The lowest BCUT2D eigenvalue weighted by Gasteiger charge is -1.99. The van der Waals surface area contributed by atoms with E-state index in [-0.39, 0.29) is 5.75 Å². The van der Waals surface area contributed by atoms with Crippen molar-refractivity contribution in [2.45, 2.75) is 6.42 Å². The van der Waals surface area contributed by atoms with Crippen LogP contribution in [-0.2, 0) is 16.5 Å². The zero-order valence-electron chi connectivity index (χ0n) is 7.68. The van der Waals surface area contributed by atoms with Crippen molar-refractivity contribution in [3.05, 3.63) is 42.0 Å². The predicted molar refractivity (Wildman–Crippen MR) is 56.7 cm³/mol. The Bertz CT molecular complexity index is 403. The van der Waals surface area contributed by atoms with E-state index < -0.39 is 10.1 Å². The molecule has 1 aromatic rings. The molecule has 0 saturated heterocycles. The summed E-state index contributed by atoms with van der Waals surface area (Å²) in [5.41, 5.74) is 1.87. The summed E-state index contributed by atoms with van der Waals surface area (Å²) in [7, 11) is -3.86. The van der Waals surface area contributed by atoms with Gasteiger partial charge in [-0.05, 0) is 17.5 Å². The van der Waals surface area contributed by atoms with E-state index in [1.807, 2.05) is 24.3 Å². The standard InChI is InChI=1S/C10H12O3S/c1-2-9-3-5-10(6-4-9)7-8-14(11,12)13/h2-6H,1,7-8H2,(H,11,12,13). The van der Waals surface area contributed by atoms with Crippen molar-refractivity contribution in [1.29, 1.82) is 0 Å². The monoisotopic (exact) mass is 212 g/mol. The molecule has 4 heteroatoms. The quantitative estimate of drug-likeness (QED) is 0.774. The number of aryl methyl sites for hydroxylation is 1. The fourth-order valence-corrected chi connectivity index (χ4v) is 1.56. The molecule has 1 rings (SSSR count). The fraction of sp³-hybridized carbons (Fsp3) is 0.200. The van der Waals surface area contributed by atoms with Gasteiger partial charge in [0.05, 0.1) is 5.75 Å². The first-order valence-corrected chi connectivity index (χ1v) is 5.79. The fourth-order valence-electron chi connectivity index (χ4n) is 1.07. The van der Waals surface area contributed by atoms with Crippen LogP contribution in [0.1, 0.15) is 11.1 Å². The van der Waals surface area contributed by atoms with Crippen LogP contribution in [0, 0.1) is 0 Å². The summed E-state index contributed by atoms with van der Waals surface area (Å²) in [6.45, 7) is 3.61. The Hall–Kier alpha value is -1.13. The van der Waals surface area contributed by atoms with Gasteiger partial charge in [0.15, 0.2) is 0 Å². The van der Waals surface area contributed by atoms with E-state index in [0.717, 1.165) is 11.1 Å². The lowest BCUT2D eigenvalue weighted by molar-refractivity contribution is 0.482. The van der Waals surface area contributed by atoms with Gasteiger partial charge in [0, 0.05) is 0 Å². The molecule has 3 nitrogen and oxygen atoms in total. The third kappa shape index (κ3) is 3.72. The van der Waals surface area contributed by atoms with Gasteiger partial charge >= 0.3 is 0 Å². The number of benzene rings is 1. The Kier molecular flexibility index (Phi) is 3.43. The van der Waals surface area contributed by atoms with Gasteiger partial charge in [0.2, 0.25) is 0 Å². The molecule has 14 heavy (non-hydrogen) atoms. The molecule has 0 amide bonds. The Morgan fingerprint density at radius 1 is 1.29 bits per heavy atom. The van der Waals surface area contributed by atoms with Crippen molar-refractivity contribution in [3.63, 3.8) is 0 Å². The molecule has 0 unspecified atom stereocenters. The van der Waals surface area contributed by atoms with E-state index in [0.29, 0.717) is 6.42 Å². The molecule has 76 valence electrons. The van der Waals surface area contributed by atoms with Gasteiger partial charge in [-0.25, -0.2) is 0 Å². The maximum Gasteiger partial charge on any atom is 0.265 e. The van der Waals surface area contributed by atoms with E-state index in [2.05, 4.69) is 6.58 Å². The molecule has 0 aliphatic carbocycles. The molecular weight excluding hydrogens is 200 g/mol. The second-order valence-electron chi connectivity index (χ2n) is 2.98. The zero-order valence-corrected chi connectivity index (χ0v) is 8.50. The first kappa shape index (κ1) is 10.9. The molecular formula is C10H12O3S. The summed E-state index contributed by atoms with van der Waals surface area (Å²) < 4.78 is 29.5. The number of hydrogen-bond donors (Lipinski definition) is 1. The van der Waals surface area contributed by atoms with E-state index >= 15 is 0 Å². The average molecular weight is 212 g/mol. The zero-order chi connectivity index (χ0) is 10.6. The van der Waals surface area contributed by atoms with Gasteiger partial charge in [-0.15, -0.1) is 0 Å². The minimum absolute atomic E-state index is 0.236. The summed E-state index contributed by atoms with van der Waals surface area (Å²) in [5, 5.41) is 0. The SMILES string of the molecule is C=Cc1ccc(CCS(=O)(=O)O)cc1. The molecule has 0 fully saturated rings. The molecule has 0 radical (unpaired) electrons. The minimum Gasteiger partial charge on any atom is -0.286 e. The van der Waals surface area contributed by atoms with Crippen molar-refractivity contribution in [1.82, 2.24) is 0 Å². The molecule has 0 aromatic heterocycles. The Balaban J connectivity index is 2.65. The molecule has 0 heterocycles. The second-order valence-corrected chi connectivity index (χ2v) is 4.55. The van der Waals surface area contributed by atoms with Crippen LogP contribution in [-0.4, -0.2) is 18.7 Å². The highest BCUT2D eigenvalue weighted by atomic mass is 32.2. The van der Waals surface area contributed by atoms with Crippen molar-refractivity contribution < 1.29 is 13.0 Å². The van der Waals surface area contributed by atoms with Gasteiger partial charge < -0.3 is 0 Å². The van der Waals surface area contributed by atoms with Crippen LogP contribution < -0.4 is 0 Å². The van der Waals surface area contributed by atoms with Crippen LogP contribution in [0.25, 0.3) is 6.08 Å². The minimum atomic E-state index is -3.86. The summed E-state index contributed by atoms with van der Waals surface area (Å²) in [4.78, 5) is 0. The second kappa shape index (κ2) is 4.39. The first-order valence-electron chi connectivity index (χ1n) is 4.18. The maximum absolute atomic E-state index is 10.5. The van der Waals surface area contributed by atoms with E-state index in [4.69, 9.17) is 4.55 Å². The molecule has 0 saturated carbocycles. The van der Waals surface area contributed by atoms with Crippen LogP contribution in [0.5, 0.6) is 0 Å². The summed E-state index contributed by atoms with van der Waals surface area (Å²) >= 11 is 0. The highest BCUT2D eigenvalue weighted by Gasteiger charge is 2.04. The van der Waals surface area contributed by atoms with Gasteiger partial charge in [-0.1, -0.05) is 36.9 Å². The summed E-state index contributed by atoms with van der Waals surface area (Å²) in [5.74, 6) is -0.236. The largest absolute Gasteiger partial charge is 0.286 e. The van der Waals surface area contributed by atoms with Crippen LogP contribution in [0.15, 0.2) is 30.8 Å². The molecule has 0 bridgehead atoms. The summed E-state index contributed by atoms with van der Waals surface area (Å²) in [6.07, 6.45) is 2.04. The third-order valence-corrected chi connectivity index (χ3v) is 2.58. The number of rotatable bonds is 4. The highest BCUT2D eigenvalue weighted by Crippen LogP contribution is 2.06. The van der Waals surface area contributed by atoms with Gasteiger partial charge in [0.25, 0.3) is 10.1 Å². The molecule has 0 aliphatic rings. The van der Waals surface area contributed by atoms with Gasteiger partial charge in [-0.2, -0.15) is 8.42 Å². The lowest BCUT2D eigenvalue weighted by atomic mass is 10.1. The van der Waals surface area contributed by atoms with Crippen LogP contribution in [0.2, 0.25) is 0 Å². The Labute approximate surface area is 83.8 Å².